The summed E-state index contributed by atoms with van der Waals surface area (Å²) in [6, 6.07) is 0.519. The Balaban J connectivity index is 1.68. The van der Waals surface area contributed by atoms with Crippen molar-refractivity contribution in [3.05, 3.63) is 0 Å². The van der Waals surface area contributed by atoms with E-state index in [0.29, 0.717) is 12.1 Å². The van der Waals surface area contributed by atoms with Gasteiger partial charge in [-0.05, 0) is 25.7 Å². The van der Waals surface area contributed by atoms with Gasteiger partial charge in [-0.25, -0.2) is 0 Å². The van der Waals surface area contributed by atoms with Crippen LogP contribution in [0, 0.1) is 0 Å². The third-order valence-corrected chi connectivity index (χ3v) is 4.22. The van der Waals surface area contributed by atoms with E-state index in [0.717, 1.165) is 43.5 Å². The Hall–Kier alpha value is -0.260. The van der Waals surface area contributed by atoms with E-state index in [4.69, 9.17) is 9.47 Å². The molecular weight excluding hydrogens is 236 g/mol. The molecule has 2 fully saturated rings. The molecule has 0 amide bonds. The van der Waals surface area contributed by atoms with Crippen molar-refractivity contribution in [3.8, 4) is 0 Å². The first kappa shape index (κ1) is 13.2. The molecule has 2 aliphatic heterocycles. The van der Waals surface area contributed by atoms with Gasteiger partial charge < -0.3 is 14.8 Å². The Morgan fingerprint density at radius 2 is 2.47 bits per heavy atom. The van der Waals surface area contributed by atoms with Gasteiger partial charge >= 0.3 is 0 Å². The van der Waals surface area contributed by atoms with E-state index in [1.807, 2.05) is 11.8 Å². The van der Waals surface area contributed by atoms with Crippen LogP contribution in [0.25, 0.3) is 0 Å². The van der Waals surface area contributed by atoms with Crippen molar-refractivity contribution in [1.29, 1.82) is 0 Å². The minimum Gasteiger partial charge on any atom is -0.385 e. The molecule has 0 spiro atoms. The van der Waals surface area contributed by atoms with E-state index in [1.165, 1.54) is 12.8 Å². The molecule has 0 radical (unpaired) electrons. The summed E-state index contributed by atoms with van der Waals surface area (Å²) in [6.45, 7) is 2.54. The molecule has 2 heterocycles. The van der Waals surface area contributed by atoms with Crippen molar-refractivity contribution in [3.63, 3.8) is 0 Å². The van der Waals surface area contributed by atoms with Gasteiger partial charge in [-0.2, -0.15) is 0 Å². The summed E-state index contributed by atoms with van der Waals surface area (Å²) in [4.78, 5) is 4.61. The molecule has 2 aliphatic rings. The highest BCUT2D eigenvalue weighted by atomic mass is 32.2. The number of ether oxygens (including phenoxy) is 2. The van der Waals surface area contributed by atoms with Crippen LogP contribution in [0.15, 0.2) is 4.99 Å². The first-order valence-corrected chi connectivity index (χ1v) is 7.41. The Morgan fingerprint density at radius 3 is 3.24 bits per heavy atom. The van der Waals surface area contributed by atoms with Crippen LogP contribution in [-0.4, -0.2) is 49.9 Å². The first-order chi connectivity index (χ1) is 8.38. The number of thioether (sulfide) groups is 1. The monoisotopic (exact) mass is 258 g/mol. The van der Waals surface area contributed by atoms with Crippen molar-refractivity contribution in [2.45, 2.75) is 37.8 Å². The first-order valence-electron chi connectivity index (χ1n) is 6.43. The van der Waals surface area contributed by atoms with Crippen LogP contribution in [0.2, 0.25) is 0 Å². The molecule has 4 nitrogen and oxygen atoms in total. The zero-order valence-corrected chi connectivity index (χ0v) is 11.3. The van der Waals surface area contributed by atoms with E-state index in [-0.39, 0.29) is 0 Å². The molecule has 0 saturated carbocycles. The zero-order valence-electron chi connectivity index (χ0n) is 10.5. The number of methoxy groups -OCH3 is 1. The molecule has 17 heavy (non-hydrogen) atoms. The number of nitrogens with zero attached hydrogens (tertiary/aromatic N) is 1. The molecular formula is C12H22N2O2S. The molecule has 1 N–H and O–H groups in total. The normalized spacial score (nSPS) is 31.7. The maximum absolute atomic E-state index is 5.67. The van der Waals surface area contributed by atoms with Gasteiger partial charge in [0.05, 0.1) is 12.6 Å². The topological polar surface area (TPSA) is 42.9 Å². The van der Waals surface area contributed by atoms with Gasteiger partial charge in [0.1, 0.15) is 0 Å². The van der Waals surface area contributed by atoms with Crippen LogP contribution in [0.4, 0.5) is 0 Å². The van der Waals surface area contributed by atoms with E-state index < -0.39 is 0 Å². The lowest BCUT2D eigenvalue weighted by molar-refractivity contribution is 0.0225. The summed E-state index contributed by atoms with van der Waals surface area (Å²) in [6.07, 6.45) is 5.06. The van der Waals surface area contributed by atoms with Crippen molar-refractivity contribution in [2.75, 3.05) is 32.6 Å². The van der Waals surface area contributed by atoms with Crippen LogP contribution in [-0.2, 0) is 9.47 Å². The summed E-state index contributed by atoms with van der Waals surface area (Å²) in [5.41, 5.74) is 0. The smallest absolute Gasteiger partial charge is 0.156 e. The van der Waals surface area contributed by atoms with Crippen molar-refractivity contribution < 1.29 is 9.47 Å². The molecule has 2 rings (SSSR count). The van der Waals surface area contributed by atoms with Gasteiger partial charge in [0, 0.05) is 32.1 Å². The number of nitrogens with one attached hydrogen (secondary N) is 1. The van der Waals surface area contributed by atoms with Gasteiger partial charge in [0.2, 0.25) is 0 Å². The number of amidine groups is 1. The SMILES string of the molecule is COCCC1CSC(=NCC2CCCCO2)N1. The number of rotatable bonds is 5. The standard InChI is InChI=1S/C12H22N2O2S/c1-15-7-5-10-9-17-12(14-10)13-8-11-4-2-3-6-16-11/h10-11H,2-9H2,1H3,(H,13,14). The quantitative estimate of drug-likeness (QED) is 0.814. The van der Waals surface area contributed by atoms with Crippen molar-refractivity contribution in [2.24, 2.45) is 4.99 Å². The van der Waals surface area contributed by atoms with E-state index in [2.05, 4.69) is 10.3 Å². The Kier molecular flexibility index (Phi) is 5.61. The highest BCUT2D eigenvalue weighted by Crippen LogP contribution is 2.18. The summed E-state index contributed by atoms with van der Waals surface area (Å²) in [7, 11) is 1.75. The van der Waals surface area contributed by atoms with Crippen LogP contribution in [0.3, 0.4) is 0 Å². The molecule has 0 aromatic heterocycles. The molecule has 0 aliphatic carbocycles. The largest absolute Gasteiger partial charge is 0.385 e. The number of hydrogen-bond acceptors (Lipinski definition) is 4. The molecule has 0 bridgehead atoms. The van der Waals surface area contributed by atoms with Crippen molar-refractivity contribution in [1.82, 2.24) is 5.32 Å². The molecule has 0 aromatic rings. The number of aliphatic imine (C=N–C) groups is 1. The Labute approximate surface area is 108 Å². The van der Waals surface area contributed by atoms with Gasteiger partial charge in [0.15, 0.2) is 5.17 Å². The van der Waals surface area contributed by atoms with Crippen LogP contribution < -0.4 is 5.32 Å². The Bertz CT molecular complexity index is 255. The maximum Gasteiger partial charge on any atom is 0.156 e. The van der Waals surface area contributed by atoms with Gasteiger partial charge in [-0.1, -0.05) is 11.8 Å². The predicted molar refractivity (Wildman–Crippen MR) is 71.8 cm³/mol. The van der Waals surface area contributed by atoms with Gasteiger partial charge in [-0.3, -0.25) is 4.99 Å². The fourth-order valence-corrected chi connectivity index (χ4v) is 3.11. The molecule has 98 valence electrons. The van der Waals surface area contributed by atoms with Crippen molar-refractivity contribution >= 4 is 16.9 Å². The maximum atomic E-state index is 5.67. The molecule has 2 atom stereocenters. The lowest BCUT2D eigenvalue weighted by Crippen LogP contribution is -2.29. The Morgan fingerprint density at radius 1 is 1.53 bits per heavy atom. The molecule has 5 heteroatoms. The predicted octanol–water partition coefficient (Wildman–Crippen LogP) is 1.65. The van der Waals surface area contributed by atoms with Crippen LogP contribution in [0.5, 0.6) is 0 Å². The third-order valence-electron chi connectivity index (χ3n) is 3.13. The summed E-state index contributed by atoms with van der Waals surface area (Å²) in [5, 5.41) is 4.53. The fourth-order valence-electron chi connectivity index (χ4n) is 2.08. The average molecular weight is 258 g/mol. The summed E-state index contributed by atoms with van der Waals surface area (Å²) in [5.74, 6) is 1.10. The molecule has 2 saturated heterocycles. The lowest BCUT2D eigenvalue weighted by atomic mass is 10.1. The molecule has 2 unspecified atom stereocenters. The average Bonchev–Trinajstić information content (AvgIpc) is 2.83. The summed E-state index contributed by atoms with van der Waals surface area (Å²) < 4.78 is 10.8. The highest BCUT2D eigenvalue weighted by molar-refractivity contribution is 8.14. The second-order valence-electron chi connectivity index (χ2n) is 4.57. The van der Waals surface area contributed by atoms with Crippen LogP contribution in [0.1, 0.15) is 25.7 Å². The fraction of sp³-hybridized carbons (Fsp3) is 0.917. The zero-order chi connectivity index (χ0) is 11.9. The highest BCUT2D eigenvalue weighted by Gasteiger charge is 2.20. The van der Waals surface area contributed by atoms with E-state index in [1.54, 1.807) is 7.11 Å². The minimum absolute atomic E-state index is 0.344. The third kappa shape index (κ3) is 4.48. The number of hydrogen-bond donors (Lipinski definition) is 1. The second kappa shape index (κ2) is 7.24. The second-order valence-corrected chi connectivity index (χ2v) is 5.58. The van der Waals surface area contributed by atoms with Crippen LogP contribution >= 0.6 is 11.8 Å². The van der Waals surface area contributed by atoms with Gasteiger partial charge in [0.25, 0.3) is 0 Å². The lowest BCUT2D eigenvalue weighted by Gasteiger charge is -2.20. The minimum atomic E-state index is 0.344. The van der Waals surface area contributed by atoms with E-state index >= 15 is 0 Å². The van der Waals surface area contributed by atoms with Gasteiger partial charge in [-0.15, -0.1) is 0 Å². The molecule has 0 aromatic carbocycles. The summed E-state index contributed by atoms with van der Waals surface area (Å²) >= 11 is 1.82. The van der Waals surface area contributed by atoms with E-state index in [9.17, 15) is 0 Å².